The zero-order valence-corrected chi connectivity index (χ0v) is 11.7. The number of sulfonamides is 1. The average Bonchev–Trinajstić information content (AvgIpc) is 2.97. The van der Waals surface area contributed by atoms with Crippen LogP contribution in [0.1, 0.15) is 0 Å². The fourth-order valence-electron chi connectivity index (χ4n) is 1.56. The highest BCUT2D eigenvalue weighted by Gasteiger charge is 2.18. The molecule has 9 heteroatoms. The van der Waals surface area contributed by atoms with Crippen LogP contribution in [0.3, 0.4) is 0 Å². The lowest BCUT2D eigenvalue weighted by Gasteiger charge is -2.06. The van der Waals surface area contributed by atoms with Gasteiger partial charge >= 0.3 is 0 Å². The standard InChI is InChI=1S/C10H7ClN4O2S2/c11-8-3-4-9(18-8)19(16,17)14-7-2-1-5-15-10(7)12-6-13-15/h1-6,14H. The Bertz CT molecular complexity index is 840. The van der Waals surface area contributed by atoms with E-state index in [1.165, 1.54) is 16.9 Å². The van der Waals surface area contributed by atoms with Gasteiger partial charge in [-0.3, -0.25) is 4.72 Å². The summed E-state index contributed by atoms with van der Waals surface area (Å²) in [6.07, 6.45) is 3.04. The van der Waals surface area contributed by atoms with Crippen molar-refractivity contribution < 1.29 is 8.42 Å². The van der Waals surface area contributed by atoms with E-state index in [0.717, 1.165) is 11.3 Å². The number of hydrogen-bond donors (Lipinski definition) is 1. The molecule has 3 aromatic rings. The summed E-state index contributed by atoms with van der Waals surface area (Å²) in [5, 5.41) is 3.94. The number of rotatable bonds is 3. The Hall–Kier alpha value is -1.64. The van der Waals surface area contributed by atoms with E-state index in [0.29, 0.717) is 15.7 Å². The van der Waals surface area contributed by atoms with Crippen LogP contribution in [-0.2, 0) is 10.0 Å². The Kier molecular flexibility index (Phi) is 2.92. The summed E-state index contributed by atoms with van der Waals surface area (Å²) in [5.41, 5.74) is 0.804. The van der Waals surface area contributed by atoms with E-state index < -0.39 is 10.0 Å². The van der Waals surface area contributed by atoms with Crippen molar-refractivity contribution in [3.05, 3.63) is 41.1 Å². The largest absolute Gasteiger partial charge is 0.275 e. The van der Waals surface area contributed by atoms with E-state index in [4.69, 9.17) is 11.6 Å². The molecule has 98 valence electrons. The predicted octanol–water partition coefficient (Wildman–Crippen LogP) is 2.25. The van der Waals surface area contributed by atoms with Gasteiger partial charge in [-0.15, -0.1) is 11.3 Å². The van der Waals surface area contributed by atoms with Gasteiger partial charge in [0, 0.05) is 6.20 Å². The second-order valence-electron chi connectivity index (χ2n) is 3.61. The monoisotopic (exact) mass is 314 g/mol. The second kappa shape index (κ2) is 4.48. The number of nitrogens with zero attached hydrogens (tertiary/aromatic N) is 3. The Morgan fingerprint density at radius 2 is 2.16 bits per heavy atom. The number of halogens is 1. The van der Waals surface area contributed by atoms with Gasteiger partial charge in [-0.1, -0.05) is 11.6 Å². The lowest BCUT2D eigenvalue weighted by molar-refractivity contribution is 0.603. The number of nitrogens with one attached hydrogen (secondary N) is 1. The third-order valence-corrected chi connectivity index (χ3v) is 5.45. The normalized spacial score (nSPS) is 11.8. The molecule has 0 amide bonds. The van der Waals surface area contributed by atoms with Crippen molar-refractivity contribution in [2.24, 2.45) is 0 Å². The zero-order valence-electron chi connectivity index (χ0n) is 9.32. The third kappa shape index (κ3) is 2.29. The van der Waals surface area contributed by atoms with Crippen molar-refractivity contribution in [2.45, 2.75) is 4.21 Å². The molecule has 3 rings (SSSR count). The number of anilines is 1. The Balaban J connectivity index is 2.03. The van der Waals surface area contributed by atoms with Gasteiger partial charge in [-0.05, 0) is 24.3 Å². The van der Waals surface area contributed by atoms with Gasteiger partial charge in [0.1, 0.15) is 10.5 Å². The van der Waals surface area contributed by atoms with Crippen LogP contribution in [0, 0.1) is 0 Å². The third-order valence-electron chi connectivity index (χ3n) is 2.36. The summed E-state index contributed by atoms with van der Waals surface area (Å²) < 4.78 is 28.9. The quantitative estimate of drug-likeness (QED) is 0.804. The molecule has 19 heavy (non-hydrogen) atoms. The van der Waals surface area contributed by atoms with Gasteiger partial charge < -0.3 is 0 Å². The van der Waals surface area contributed by atoms with E-state index >= 15 is 0 Å². The average molecular weight is 315 g/mol. The van der Waals surface area contributed by atoms with Crippen LogP contribution < -0.4 is 4.72 Å². The molecule has 0 aliphatic heterocycles. The van der Waals surface area contributed by atoms with Crippen LogP contribution in [0.2, 0.25) is 4.34 Å². The molecule has 3 heterocycles. The lowest BCUT2D eigenvalue weighted by atomic mass is 10.4. The molecule has 1 N–H and O–H groups in total. The molecule has 0 radical (unpaired) electrons. The second-order valence-corrected chi connectivity index (χ2v) is 7.24. The van der Waals surface area contributed by atoms with E-state index in [-0.39, 0.29) is 4.21 Å². The Morgan fingerprint density at radius 3 is 2.89 bits per heavy atom. The maximum Gasteiger partial charge on any atom is 0.271 e. The molecule has 6 nitrogen and oxygen atoms in total. The highest BCUT2D eigenvalue weighted by molar-refractivity contribution is 7.94. The van der Waals surface area contributed by atoms with E-state index in [1.54, 1.807) is 24.4 Å². The van der Waals surface area contributed by atoms with Crippen molar-refractivity contribution in [3.8, 4) is 0 Å². The molecular weight excluding hydrogens is 308 g/mol. The van der Waals surface area contributed by atoms with E-state index in [1.807, 2.05) is 0 Å². The first kappa shape index (κ1) is 12.4. The molecule has 3 aromatic heterocycles. The summed E-state index contributed by atoms with van der Waals surface area (Å²) in [6, 6.07) is 6.30. The Labute approximate surface area is 117 Å². The predicted molar refractivity (Wildman–Crippen MR) is 73.1 cm³/mol. The van der Waals surface area contributed by atoms with Crippen molar-refractivity contribution in [2.75, 3.05) is 4.72 Å². The van der Waals surface area contributed by atoms with Gasteiger partial charge in [-0.25, -0.2) is 17.9 Å². The van der Waals surface area contributed by atoms with Gasteiger partial charge in [0.2, 0.25) is 0 Å². The molecule has 0 aromatic carbocycles. The highest BCUT2D eigenvalue weighted by atomic mass is 35.5. The summed E-state index contributed by atoms with van der Waals surface area (Å²) in [4.78, 5) is 4.00. The van der Waals surface area contributed by atoms with Crippen LogP contribution in [0.5, 0.6) is 0 Å². The lowest BCUT2D eigenvalue weighted by Crippen LogP contribution is -2.12. The number of pyridine rings is 1. The minimum atomic E-state index is -3.66. The smallest absolute Gasteiger partial charge is 0.271 e. The van der Waals surface area contributed by atoms with Crippen molar-refractivity contribution in [1.82, 2.24) is 14.6 Å². The number of hydrogen-bond acceptors (Lipinski definition) is 5. The molecule has 0 atom stereocenters. The topological polar surface area (TPSA) is 76.4 Å². The van der Waals surface area contributed by atoms with E-state index in [9.17, 15) is 8.42 Å². The molecule has 0 fully saturated rings. The summed E-state index contributed by atoms with van der Waals surface area (Å²) >= 11 is 6.74. The number of fused-ring (bicyclic) bond motifs is 1. The molecule has 0 saturated carbocycles. The number of thiophene rings is 1. The van der Waals surface area contributed by atoms with Gasteiger partial charge in [0.05, 0.1) is 10.0 Å². The molecular formula is C10H7ClN4O2S2. The molecule has 0 unspecified atom stereocenters. The van der Waals surface area contributed by atoms with Crippen molar-refractivity contribution >= 4 is 44.3 Å². The first-order chi connectivity index (χ1) is 9.06. The van der Waals surface area contributed by atoms with Crippen molar-refractivity contribution in [1.29, 1.82) is 0 Å². The maximum absolute atomic E-state index is 12.2. The first-order valence-electron chi connectivity index (χ1n) is 5.13. The molecule has 0 saturated heterocycles. The van der Waals surface area contributed by atoms with Crippen LogP contribution in [-0.4, -0.2) is 23.0 Å². The number of aromatic nitrogens is 3. The first-order valence-corrected chi connectivity index (χ1v) is 7.80. The van der Waals surface area contributed by atoms with E-state index in [2.05, 4.69) is 14.8 Å². The van der Waals surface area contributed by atoms with Crippen molar-refractivity contribution in [3.63, 3.8) is 0 Å². The summed E-state index contributed by atoms with van der Waals surface area (Å²) in [5.74, 6) is 0. The Morgan fingerprint density at radius 1 is 1.32 bits per heavy atom. The summed E-state index contributed by atoms with van der Waals surface area (Å²) in [6.45, 7) is 0. The SMILES string of the molecule is O=S(=O)(Nc1cccn2ncnc12)c1ccc(Cl)s1. The van der Waals surface area contributed by atoms with Crippen LogP contribution in [0.4, 0.5) is 5.69 Å². The van der Waals surface area contributed by atoms with Crippen LogP contribution >= 0.6 is 22.9 Å². The molecule has 0 bridgehead atoms. The molecule has 0 spiro atoms. The van der Waals surface area contributed by atoms with Gasteiger partial charge in [-0.2, -0.15) is 5.10 Å². The minimum absolute atomic E-state index is 0.152. The summed E-state index contributed by atoms with van der Waals surface area (Å²) in [7, 11) is -3.66. The fourth-order valence-corrected chi connectivity index (χ4v) is 4.11. The van der Waals surface area contributed by atoms with Gasteiger partial charge in [0.15, 0.2) is 5.65 Å². The maximum atomic E-state index is 12.2. The molecule has 0 aliphatic carbocycles. The highest BCUT2D eigenvalue weighted by Crippen LogP contribution is 2.27. The fraction of sp³-hybridized carbons (Fsp3) is 0. The van der Waals surface area contributed by atoms with Crippen LogP contribution in [0.25, 0.3) is 5.65 Å². The molecule has 0 aliphatic rings. The minimum Gasteiger partial charge on any atom is -0.275 e. The zero-order chi connectivity index (χ0) is 13.5. The van der Waals surface area contributed by atoms with Gasteiger partial charge in [0.25, 0.3) is 10.0 Å². The van der Waals surface area contributed by atoms with Crippen LogP contribution in [0.15, 0.2) is 41.0 Å².